The average molecular weight is 392 g/mol. The van der Waals surface area contributed by atoms with E-state index in [-0.39, 0.29) is 0 Å². The van der Waals surface area contributed by atoms with Crippen LogP contribution in [0.2, 0.25) is 5.02 Å². The lowest BCUT2D eigenvalue weighted by molar-refractivity contribution is 0.463. The van der Waals surface area contributed by atoms with Crippen LogP contribution in [0.4, 0.5) is 5.69 Å². The standard InChI is InChI=1S/C23H22ClN3O/c1-17-16-27(21-5-3-10-25-15-21)11-9-19(17)12-18-4-2-6-22(13-18)28-23-8-7-20(24)14-26-23/h2-8,10,12-15,17H,9,11,16H2,1H3. The van der Waals surface area contributed by atoms with Gasteiger partial charge in [-0.15, -0.1) is 0 Å². The molecule has 1 aromatic carbocycles. The summed E-state index contributed by atoms with van der Waals surface area (Å²) in [4.78, 5) is 10.8. The lowest BCUT2D eigenvalue weighted by atomic mass is 9.91. The number of pyridine rings is 2. The second-order valence-electron chi connectivity index (χ2n) is 7.02. The summed E-state index contributed by atoms with van der Waals surface area (Å²) in [7, 11) is 0. The van der Waals surface area contributed by atoms with E-state index in [1.54, 1.807) is 18.3 Å². The SMILES string of the molecule is CC1CN(c2cccnc2)CCC1=Cc1cccc(Oc2ccc(Cl)cn2)c1. The number of hydrogen-bond donors (Lipinski definition) is 0. The van der Waals surface area contributed by atoms with Crippen LogP contribution in [0, 0.1) is 5.92 Å². The van der Waals surface area contributed by atoms with Crippen molar-refractivity contribution in [2.24, 2.45) is 5.92 Å². The maximum Gasteiger partial charge on any atom is 0.219 e. The summed E-state index contributed by atoms with van der Waals surface area (Å²) in [6, 6.07) is 15.8. The number of nitrogens with zero attached hydrogens (tertiary/aromatic N) is 3. The molecule has 1 unspecified atom stereocenters. The molecule has 1 saturated heterocycles. The Morgan fingerprint density at radius 3 is 2.82 bits per heavy atom. The largest absolute Gasteiger partial charge is 0.439 e. The fourth-order valence-corrected chi connectivity index (χ4v) is 3.58. The van der Waals surface area contributed by atoms with Crippen molar-refractivity contribution in [2.45, 2.75) is 13.3 Å². The molecule has 0 saturated carbocycles. The highest BCUT2D eigenvalue weighted by atomic mass is 35.5. The van der Waals surface area contributed by atoms with Gasteiger partial charge >= 0.3 is 0 Å². The molecule has 1 atom stereocenters. The molecule has 4 nitrogen and oxygen atoms in total. The molecular formula is C23H22ClN3O. The zero-order valence-electron chi connectivity index (χ0n) is 15.8. The van der Waals surface area contributed by atoms with Crippen LogP contribution in [0.25, 0.3) is 6.08 Å². The number of halogens is 1. The van der Waals surface area contributed by atoms with Gasteiger partial charge in [0.25, 0.3) is 0 Å². The number of rotatable bonds is 4. The first-order chi connectivity index (χ1) is 13.7. The second-order valence-corrected chi connectivity index (χ2v) is 7.45. The minimum atomic E-state index is 0.483. The van der Waals surface area contributed by atoms with Crippen LogP contribution in [0.1, 0.15) is 18.9 Å². The molecule has 2 aromatic heterocycles. The summed E-state index contributed by atoms with van der Waals surface area (Å²) in [5.41, 5.74) is 3.80. The molecule has 0 amide bonds. The number of hydrogen-bond acceptors (Lipinski definition) is 4. The Balaban J connectivity index is 1.46. The van der Waals surface area contributed by atoms with E-state index in [0.717, 1.165) is 30.8 Å². The molecule has 1 aliphatic rings. The van der Waals surface area contributed by atoms with E-state index < -0.39 is 0 Å². The van der Waals surface area contributed by atoms with E-state index >= 15 is 0 Å². The zero-order valence-corrected chi connectivity index (χ0v) is 16.5. The normalized spacial score (nSPS) is 18.3. The van der Waals surface area contributed by atoms with E-state index in [2.05, 4.69) is 40.0 Å². The summed E-state index contributed by atoms with van der Waals surface area (Å²) in [5, 5.41) is 0.595. The molecular weight excluding hydrogens is 370 g/mol. The third-order valence-electron chi connectivity index (χ3n) is 4.94. The summed E-state index contributed by atoms with van der Waals surface area (Å²) in [6.45, 7) is 4.29. The van der Waals surface area contributed by atoms with E-state index in [1.807, 2.05) is 36.7 Å². The van der Waals surface area contributed by atoms with Crippen LogP contribution in [0.15, 0.2) is 72.7 Å². The average Bonchev–Trinajstić information content (AvgIpc) is 2.72. The number of ether oxygens (including phenoxy) is 1. The maximum absolute atomic E-state index is 5.88. The molecule has 1 fully saturated rings. The van der Waals surface area contributed by atoms with Crippen molar-refractivity contribution in [1.82, 2.24) is 9.97 Å². The number of anilines is 1. The smallest absolute Gasteiger partial charge is 0.219 e. The van der Waals surface area contributed by atoms with Gasteiger partial charge in [0, 0.05) is 31.5 Å². The number of benzene rings is 1. The lowest BCUT2D eigenvalue weighted by Crippen LogP contribution is -2.35. The Bertz CT molecular complexity index is 957. The van der Waals surface area contributed by atoms with E-state index in [9.17, 15) is 0 Å². The molecule has 0 N–H and O–H groups in total. The molecule has 3 heterocycles. The number of piperidine rings is 1. The van der Waals surface area contributed by atoms with Gasteiger partial charge in [-0.2, -0.15) is 0 Å². The fourth-order valence-electron chi connectivity index (χ4n) is 3.46. The van der Waals surface area contributed by atoms with Crippen molar-refractivity contribution in [3.05, 3.63) is 83.3 Å². The minimum absolute atomic E-state index is 0.483. The molecule has 5 heteroatoms. The molecule has 4 rings (SSSR count). The zero-order chi connectivity index (χ0) is 19.3. The Morgan fingerprint density at radius 1 is 1.14 bits per heavy atom. The van der Waals surface area contributed by atoms with Gasteiger partial charge in [0.05, 0.1) is 16.9 Å². The molecule has 0 aliphatic carbocycles. The highest BCUT2D eigenvalue weighted by Crippen LogP contribution is 2.29. The lowest BCUT2D eigenvalue weighted by Gasteiger charge is -2.34. The van der Waals surface area contributed by atoms with Crippen LogP contribution in [-0.4, -0.2) is 23.1 Å². The third kappa shape index (κ3) is 4.52. The van der Waals surface area contributed by atoms with Crippen molar-refractivity contribution >= 4 is 23.4 Å². The van der Waals surface area contributed by atoms with E-state index in [0.29, 0.717) is 16.8 Å². The van der Waals surface area contributed by atoms with Gasteiger partial charge in [-0.25, -0.2) is 4.98 Å². The number of aromatic nitrogens is 2. The second kappa shape index (κ2) is 8.44. The predicted octanol–water partition coefficient (Wildman–Crippen LogP) is 5.85. The van der Waals surface area contributed by atoms with Crippen molar-refractivity contribution in [1.29, 1.82) is 0 Å². The fraction of sp³-hybridized carbons (Fsp3) is 0.217. The van der Waals surface area contributed by atoms with Crippen LogP contribution >= 0.6 is 11.6 Å². The van der Waals surface area contributed by atoms with Crippen molar-refractivity contribution in [2.75, 3.05) is 18.0 Å². The quantitative estimate of drug-likeness (QED) is 0.559. The van der Waals surface area contributed by atoms with Gasteiger partial charge in [-0.3, -0.25) is 4.98 Å². The Labute approximate surface area is 170 Å². The third-order valence-corrected chi connectivity index (χ3v) is 5.17. The first-order valence-electron chi connectivity index (χ1n) is 9.42. The molecule has 142 valence electrons. The van der Waals surface area contributed by atoms with Gasteiger partial charge < -0.3 is 9.64 Å². The Morgan fingerprint density at radius 2 is 2.07 bits per heavy atom. The first-order valence-corrected chi connectivity index (χ1v) is 9.80. The molecule has 3 aromatic rings. The molecule has 0 spiro atoms. The molecule has 0 bridgehead atoms. The van der Waals surface area contributed by atoms with E-state index in [4.69, 9.17) is 16.3 Å². The molecule has 1 aliphatic heterocycles. The Hall–Kier alpha value is -2.85. The summed E-state index contributed by atoms with van der Waals surface area (Å²) < 4.78 is 5.85. The van der Waals surface area contributed by atoms with Crippen LogP contribution in [-0.2, 0) is 0 Å². The van der Waals surface area contributed by atoms with Crippen LogP contribution < -0.4 is 9.64 Å². The van der Waals surface area contributed by atoms with Crippen molar-refractivity contribution in [3.8, 4) is 11.6 Å². The van der Waals surface area contributed by atoms with Crippen LogP contribution in [0.5, 0.6) is 11.6 Å². The summed E-state index contributed by atoms with van der Waals surface area (Å²) in [5.74, 6) is 1.79. The van der Waals surface area contributed by atoms with E-state index in [1.165, 1.54) is 11.3 Å². The maximum atomic E-state index is 5.88. The van der Waals surface area contributed by atoms with Gasteiger partial charge in [-0.05, 0) is 48.2 Å². The van der Waals surface area contributed by atoms with Gasteiger partial charge in [0.15, 0.2) is 0 Å². The topological polar surface area (TPSA) is 38.2 Å². The van der Waals surface area contributed by atoms with Crippen LogP contribution in [0.3, 0.4) is 0 Å². The molecule has 28 heavy (non-hydrogen) atoms. The minimum Gasteiger partial charge on any atom is -0.439 e. The summed E-state index contributed by atoms with van der Waals surface area (Å²) >= 11 is 5.88. The first kappa shape index (κ1) is 18.5. The summed E-state index contributed by atoms with van der Waals surface area (Å²) in [6.07, 6.45) is 8.66. The van der Waals surface area contributed by atoms with Gasteiger partial charge in [0.1, 0.15) is 5.75 Å². The van der Waals surface area contributed by atoms with Gasteiger partial charge in [0.2, 0.25) is 5.88 Å². The van der Waals surface area contributed by atoms with Crippen molar-refractivity contribution in [3.63, 3.8) is 0 Å². The monoisotopic (exact) mass is 391 g/mol. The van der Waals surface area contributed by atoms with Crippen molar-refractivity contribution < 1.29 is 4.74 Å². The predicted molar refractivity (Wildman–Crippen MR) is 114 cm³/mol. The van der Waals surface area contributed by atoms with Gasteiger partial charge in [-0.1, -0.05) is 42.3 Å². The highest BCUT2D eigenvalue weighted by molar-refractivity contribution is 6.30. The Kier molecular flexibility index (Phi) is 5.58. The highest BCUT2D eigenvalue weighted by Gasteiger charge is 2.21. The molecule has 0 radical (unpaired) electrons.